The summed E-state index contributed by atoms with van der Waals surface area (Å²) in [6.07, 6.45) is 12.4. The number of hydrogen-bond donors (Lipinski definition) is 1. The molecule has 0 radical (unpaired) electrons. The lowest BCUT2D eigenvalue weighted by molar-refractivity contribution is -0.151. The van der Waals surface area contributed by atoms with E-state index in [1.165, 1.54) is 51.4 Å². The van der Waals surface area contributed by atoms with Crippen LogP contribution in [0, 0.1) is 23.7 Å². The smallest absolute Gasteiger partial charge is 0.309 e. The molecule has 0 saturated heterocycles. The van der Waals surface area contributed by atoms with Gasteiger partial charge in [0, 0.05) is 0 Å². The summed E-state index contributed by atoms with van der Waals surface area (Å²) in [5.74, 6) is 2.48. The topological polar surface area (TPSA) is 46.5 Å². The Morgan fingerprint density at radius 3 is 2.30 bits per heavy atom. The van der Waals surface area contributed by atoms with Gasteiger partial charge in [-0.3, -0.25) is 4.79 Å². The van der Waals surface area contributed by atoms with Crippen molar-refractivity contribution in [2.24, 2.45) is 23.7 Å². The van der Waals surface area contributed by atoms with Gasteiger partial charge in [-0.2, -0.15) is 0 Å². The van der Waals surface area contributed by atoms with E-state index in [9.17, 15) is 4.79 Å². The van der Waals surface area contributed by atoms with Gasteiger partial charge in [0.15, 0.2) is 0 Å². The molecular formula is C20H38O3. The summed E-state index contributed by atoms with van der Waals surface area (Å²) >= 11 is 0. The van der Waals surface area contributed by atoms with Gasteiger partial charge in [-0.15, -0.1) is 0 Å². The van der Waals surface area contributed by atoms with Gasteiger partial charge >= 0.3 is 5.97 Å². The molecule has 1 aliphatic carbocycles. The molecule has 1 atom stereocenters. The predicted octanol–water partition coefficient (Wildman–Crippen LogP) is 4.96. The predicted molar refractivity (Wildman–Crippen MR) is 95.2 cm³/mol. The average Bonchev–Trinajstić information content (AvgIpc) is 2.53. The molecule has 1 unspecified atom stereocenters. The number of aliphatic hydroxyl groups is 1. The first-order valence-electron chi connectivity index (χ1n) is 9.80. The van der Waals surface area contributed by atoms with Crippen LogP contribution in [0.5, 0.6) is 0 Å². The number of carbonyl (C=O) groups is 1. The Kier molecular flexibility index (Phi) is 10.6. The van der Waals surface area contributed by atoms with E-state index >= 15 is 0 Å². The molecule has 0 bridgehead atoms. The minimum Gasteiger partial charge on any atom is -0.463 e. The lowest BCUT2D eigenvalue weighted by Crippen LogP contribution is -2.24. The largest absolute Gasteiger partial charge is 0.463 e. The van der Waals surface area contributed by atoms with E-state index in [1.54, 1.807) is 0 Å². The molecule has 1 aliphatic rings. The van der Waals surface area contributed by atoms with Crippen LogP contribution in [0.25, 0.3) is 0 Å². The van der Waals surface area contributed by atoms with E-state index in [4.69, 9.17) is 9.84 Å². The zero-order valence-electron chi connectivity index (χ0n) is 15.6. The fraction of sp³-hybridized carbons (Fsp3) is 0.950. The van der Waals surface area contributed by atoms with Gasteiger partial charge in [0.2, 0.25) is 0 Å². The Morgan fingerprint density at radius 1 is 1.04 bits per heavy atom. The van der Waals surface area contributed by atoms with Crippen molar-refractivity contribution in [1.29, 1.82) is 0 Å². The van der Waals surface area contributed by atoms with Crippen molar-refractivity contribution in [2.45, 2.75) is 85.0 Å². The molecule has 1 saturated carbocycles. The third-order valence-corrected chi connectivity index (χ3v) is 5.30. The Morgan fingerprint density at radius 2 is 1.70 bits per heavy atom. The minimum atomic E-state index is -0.101. The fourth-order valence-corrected chi connectivity index (χ4v) is 3.72. The third-order valence-electron chi connectivity index (χ3n) is 5.30. The highest BCUT2D eigenvalue weighted by molar-refractivity contribution is 5.72. The molecule has 0 amide bonds. The summed E-state index contributed by atoms with van der Waals surface area (Å²) < 4.78 is 5.04. The van der Waals surface area contributed by atoms with Crippen molar-refractivity contribution in [2.75, 3.05) is 13.2 Å². The highest BCUT2D eigenvalue weighted by Gasteiger charge is 2.27. The van der Waals surface area contributed by atoms with Crippen molar-refractivity contribution >= 4 is 5.97 Å². The fourth-order valence-electron chi connectivity index (χ4n) is 3.72. The van der Waals surface area contributed by atoms with Crippen LogP contribution in [0.2, 0.25) is 0 Å². The highest BCUT2D eigenvalue weighted by atomic mass is 16.5. The van der Waals surface area contributed by atoms with E-state index in [-0.39, 0.29) is 25.1 Å². The summed E-state index contributed by atoms with van der Waals surface area (Å²) in [6.45, 7) is 7.08. The van der Waals surface area contributed by atoms with Crippen LogP contribution in [-0.2, 0) is 9.53 Å². The molecule has 3 heteroatoms. The third kappa shape index (κ3) is 9.34. The maximum absolute atomic E-state index is 11.8. The van der Waals surface area contributed by atoms with Crippen molar-refractivity contribution in [3.8, 4) is 0 Å². The molecule has 1 rings (SSSR count). The SMILES string of the molecule is CC(C)CCCC(C)CCCC1CCC(C(=O)OCCO)CC1. The van der Waals surface area contributed by atoms with Gasteiger partial charge in [0.05, 0.1) is 12.5 Å². The second-order valence-electron chi connectivity index (χ2n) is 7.97. The van der Waals surface area contributed by atoms with Gasteiger partial charge in [-0.1, -0.05) is 59.3 Å². The number of carbonyl (C=O) groups excluding carboxylic acids is 1. The molecule has 1 fully saturated rings. The first kappa shape index (κ1) is 20.5. The molecular weight excluding hydrogens is 288 g/mol. The van der Waals surface area contributed by atoms with Crippen LogP contribution >= 0.6 is 0 Å². The van der Waals surface area contributed by atoms with Crippen molar-refractivity contribution in [1.82, 2.24) is 0 Å². The van der Waals surface area contributed by atoms with Gasteiger partial charge in [-0.05, 0) is 43.4 Å². The molecule has 0 spiro atoms. The van der Waals surface area contributed by atoms with Gasteiger partial charge in [-0.25, -0.2) is 0 Å². The van der Waals surface area contributed by atoms with Crippen LogP contribution in [0.15, 0.2) is 0 Å². The Hall–Kier alpha value is -0.570. The van der Waals surface area contributed by atoms with Crippen LogP contribution in [0.4, 0.5) is 0 Å². The number of rotatable bonds is 11. The molecule has 3 nitrogen and oxygen atoms in total. The van der Waals surface area contributed by atoms with Gasteiger partial charge < -0.3 is 9.84 Å². The summed E-state index contributed by atoms with van der Waals surface area (Å²) in [6, 6.07) is 0. The second kappa shape index (κ2) is 11.9. The summed E-state index contributed by atoms with van der Waals surface area (Å²) in [5.41, 5.74) is 0. The summed E-state index contributed by atoms with van der Waals surface area (Å²) in [7, 11) is 0. The Balaban J connectivity index is 2.06. The molecule has 0 heterocycles. The van der Waals surface area contributed by atoms with Crippen LogP contribution < -0.4 is 0 Å². The van der Waals surface area contributed by atoms with Crippen LogP contribution in [0.3, 0.4) is 0 Å². The number of ether oxygens (including phenoxy) is 1. The molecule has 0 aromatic carbocycles. The number of aliphatic hydroxyl groups excluding tert-OH is 1. The number of esters is 1. The minimum absolute atomic E-state index is 0.0730. The zero-order chi connectivity index (χ0) is 17.1. The first-order valence-corrected chi connectivity index (χ1v) is 9.80. The second-order valence-corrected chi connectivity index (χ2v) is 7.97. The van der Waals surface area contributed by atoms with E-state index in [1.807, 2.05) is 0 Å². The van der Waals surface area contributed by atoms with E-state index in [2.05, 4.69) is 20.8 Å². The molecule has 136 valence electrons. The van der Waals surface area contributed by atoms with Crippen LogP contribution in [-0.4, -0.2) is 24.3 Å². The maximum atomic E-state index is 11.8. The first-order chi connectivity index (χ1) is 11.0. The molecule has 23 heavy (non-hydrogen) atoms. The van der Waals surface area contributed by atoms with E-state index < -0.39 is 0 Å². The number of hydrogen-bond acceptors (Lipinski definition) is 3. The van der Waals surface area contributed by atoms with Crippen molar-refractivity contribution in [3.05, 3.63) is 0 Å². The Bertz CT molecular complexity index is 306. The molecule has 0 aromatic rings. The standard InChI is InChI=1S/C20H38O3/c1-16(2)6-4-7-17(3)8-5-9-18-10-12-19(13-11-18)20(22)23-15-14-21/h16-19,21H,4-15H2,1-3H3. The maximum Gasteiger partial charge on any atom is 0.309 e. The quantitative estimate of drug-likeness (QED) is 0.546. The van der Waals surface area contributed by atoms with E-state index in [0.717, 1.165) is 30.6 Å². The van der Waals surface area contributed by atoms with Gasteiger partial charge in [0.25, 0.3) is 0 Å². The van der Waals surface area contributed by atoms with Gasteiger partial charge in [0.1, 0.15) is 6.61 Å². The average molecular weight is 327 g/mol. The lowest BCUT2D eigenvalue weighted by Gasteiger charge is -2.27. The Labute approximate surface area is 143 Å². The van der Waals surface area contributed by atoms with Crippen molar-refractivity contribution < 1.29 is 14.6 Å². The normalized spacial score (nSPS) is 23.0. The molecule has 0 aliphatic heterocycles. The molecule has 1 N–H and O–H groups in total. The highest BCUT2D eigenvalue weighted by Crippen LogP contribution is 2.33. The zero-order valence-corrected chi connectivity index (χ0v) is 15.6. The van der Waals surface area contributed by atoms with Crippen LogP contribution in [0.1, 0.15) is 85.0 Å². The summed E-state index contributed by atoms with van der Waals surface area (Å²) in [5, 5.41) is 8.70. The molecule has 0 aromatic heterocycles. The monoisotopic (exact) mass is 326 g/mol. The lowest BCUT2D eigenvalue weighted by atomic mass is 9.79. The van der Waals surface area contributed by atoms with E-state index in [0.29, 0.717) is 0 Å². The summed E-state index contributed by atoms with van der Waals surface area (Å²) in [4.78, 5) is 11.8. The van der Waals surface area contributed by atoms with Crippen molar-refractivity contribution in [3.63, 3.8) is 0 Å².